The predicted octanol–water partition coefficient (Wildman–Crippen LogP) is 3.87. The van der Waals surface area contributed by atoms with Gasteiger partial charge in [-0.2, -0.15) is 8.42 Å². The molecule has 14 heteroatoms. The third-order valence-corrected chi connectivity index (χ3v) is 7.30. The van der Waals surface area contributed by atoms with E-state index in [0.717, 1.165) is 0 Å². The predicted molar refractivity (Wildman–Crippen MR) is 138 cm³/mol. The van der Waals surface area contributed by atoms with Crippen molar-refractivity contribution >= 4 is 38.7 Å². The monoisotopic (exact) mass is 578 g/mol. The third-order valence-electron chi connectivity index (χ3n) is 6.03. The zero-order valence-corrected chi connectivity index (χ0v) is 21.8. The number of benzene rings is 3. The largest absolute Gasteiger partial charge is 0.497 e. The molecule has 1 unspecified atom stereocenters. The fourth-order valence-electron chi connectivity index (χ4n) is 3.99. The van der Waals surface area contributed by atoms with Crippen molar-refractivity contribution in [1.82, 2.24) is 14.0 Å². The number of carbonyl (C=O) groups is 2. The summed E-state index contributed by atoms with van der Waals surface area (Å²) in [6.45, 7) is 0. The van der Waals surface area contributed by atoms with Crippen LogP contribution in [-0.4, -0.2) is 44.5 Å². The molecule has 0 aliphatic heterocycles. The fourth-order valence-corrected chi connectivity index (χ4v) is 5.02. The molecule has 0 radical (unpaired) electrons. The van der Waals surface area contributed by atoms with E-state index in [-0.39, 0.29) is 10.4 Å². The number of amides is 3. The smallest absolute Gasteiger partial charge is 0.331 e. The molecule has 210 valence electrons. The van der Waals surface area contributed by atoms with Gasteiger partial charge in [-0.25, -0.2) is 31.1 Å². The van der Waals surface area contributed by atoms with Crippen LogP contribution in [0, 0.1) is 23.3 Å². The second kappa shape index (κ2) is 11.3. The molecule has 3 aromatic carbocycles. The minimum atomic E-state index is -5.02. The van der Waals surface area contributed by atoms with Crippen LogP contribution in [0.2, 0.25) is 0 Å². The highest BCUT2D eigenvalue weighted by Crippen LogP contribution is 2.28. The van der Waals surface area contributed by atoms with Crippen LogP contribution in [-0.2, 0) is 21.4 Å². The average Bonchev–Trinajstić information content (AvgIpc) is 3.41. The maximum atomic E-state index is 14.4. The Balaban J connectivity index is 1.61. The highest BCUT2D eigenvalue weighted by atomic mass is 32.2. The van der Waals surface area contributed by atoms with Crippen molar-refractivity contribution in [3.05, 3.63) is 95.7 Å². The van der Waals surface area contributed by atoms with Gasteiger partial charge in [-0.15, -0.1) is 0 Å². The van der Waals surface area contributed by atoms with Crippen molar-refractivity contribution in [2.45, 2.75) is 12.5 Å². The summed E-state index contributed by atoms with van der Waals surface area (Å²) in [7, 11) is -2.08. The number of ether oxygens (including phenoxy) is 1. The van der Waals surface area contributed by atoms with E-state index in [1.165, 1.54) is 19.1 Å². The van der Waals surface area contributed by atoms with E-state index in [2.05, 4.69) is 5.32 Å². The van der Waals surface area contributed by atoms with Crippen molar-refractivity contribution in [3.63, 3.8) is 0 Å². The molecule has 1 aromatic heterocycles. The lowest BCUT2D eigenvalue weighted by atomic mass is 10.0. The molecular weight excluding hydrogens is 556 g/mol. The number of nitrogens with zero attached hydrogens (tertiary/aromatic N) is 2. The number of anilines is 1. The summed E-state index contributed by atoms with van der Waals surface area (Å²) in [5, 5.41) is 1.43. The van der Waals surface area contributed by atoms with Gasteiger partial charge < -0.3 is 15.0 Å². The van der Waals surface area contributed by atoms with Crippen molar-refractivity contribution in [1.29, 1.82) is 0 Å². The Hall–Kier alpha value is -4.59. The number of methoxy groups -OCH3 is 1. The summed E-state index contributed by atoms with van der Waals surface area (Å²) in [6.07, 6.45) is 0.583. The Morgan fingerprint density at radius 1 is 0.925 bits per heavy atom. The van der Waals surface area contributed by atoms with Gasteiger partial charge in [-0.3, -0.25) is 4.79 Å². The first kappa shape index (κ1) is 28.4. The first-order valence-corrected chi connectivity index (χ1v) is 13.0. The average molecular weight is 579 g/mol. The van der Waals surface area contributed by atoms with Gasteiger partial charge in [0.2, 0.25) is 5.91 Å². The first-order chi connectivity index (χ1) is 18.9. The highest BCUT2D eigenvalue weighted by molar-refractivity contribution is 7.88. The Morgan fingerprint density at radius 2 is 1.55 bits per heavy atom. The molecule has 0 fully saturated rings. The van der Waals surface area contributed by atoms with Crippen molar-refractivity contribution in [3.8, 4) is 5.75 Å². The maximum Gasteiger partial charge on any atom is 0.331 e. The lowest BCUT2D eigenvalue weighted by Gasteiger charge is -2.25. The summed E-state index contributed by atoms with van der Waals surface area (Å²) in [6, 6.07) is 13.0. The summed E-state index contributed by atoms with van der Waals surface area (Å²) in [5.74, 6) is -8.18. The van der Waals surface area contributed by atoms with Crippen LogP contribution in [0.4, 0.5) is 28.0 Å². The molecule has 0 aliphatic rings. The molecule has 2 N–H and O–H groups in total. The number of carbonyl (C=O) groups excluding carboxylic acids is 2. The van der Waals surface area contributed by atoms with Gasteiger partial charge in [0, 0.05) is 30.7 Å². The topological polar surface area (TPSA) is 110 Å². The molecule has 1 heterocycles. The van der Waals surface area contributed by atoms with E-state index in [9.17, 15) is 35.6 Å². The van der Waals surface area contributed by atoms with E-state index in [1.54, 1.807) is 59.3 Å². The molecule has 9 nitrogen and oxygen atoms in total. The SMILES string of the molecule is COc1ccc(N(C)C(=O)C(Cc2ccccc2)NC(=O)NS(=O)(=O)n2ccc3c(F)c(F)c(F)c(F)c32)cc1. The van der Waals surface area contributed by atoms with Gasteiger partial charge in [-0.1, -0.05) is 30.3 Å². The van der Waals surface area contributed by atoms with Gasteiger partial charge in [0.1, 0.15) is 17.3 Å². The molecule has 0 saturated heterocycles. The van der Waals surface area contributed by atoms with Crippen molar-refractivity contribution in [2.75, 3.05) is 19.1 Å². The zero-order valence-electron chi connectivity index (χ0n) is 21.0. The number of aromatic nitrogens is 1. The number of rotatable bonds is 8. The Bertz CT molecular complexity index is 1680. The van der Waals surface area contributed by atoms with Crippen LogP contribution in [0.5, 0.6) is 5.75 Å². The van der Waals surface area contributed by atoms with Crippen LogP contribution in [0.3, 0.4) is 0 Å². The Kier molecular flexibility index (Phi) is 8.00. The van der Waals surface area contributed by atoms with E-state index in [1.807, 2.05) is 0 Å². The second-order valence-corrected chi connectivity index (χ2v) is 10.1. The summed E-state index contributed by atoms with van der Waals surface area (Å²) in [5.41, 5.74) is -0.0595. The van der Waals surface area contributed by atoms with Gasteiger partial charge >= 0.3 is 16.2 Å². The molecule has 4 rings (SSSR count). The summed E-state index contributed by atoms with van der Waals surface area (Å²) in [4.78, 5) is 27.4. The van der Waals surface area contributed by atoms with Crippen LogP contribution in [0.25, 0.3) is 10.9 Å². The second-order valence-electron chi connectivity index (χ2n) is 8.55. The number of fused-ring (bicyclic) bond motifs is 1. The number of hydrogen-bond donors (Lipinski definition) is 2. The lowest BCUT2D eigenvalue weighted by molar-refractivity contribution is -0.120. The molecule has 40 heavy (non-hydrogen) atoms. The zero-order chi connectivity index (χ0) is 29.2. The standard InChI is InChI=1S/C26H22F4N4O5S/c1-33(16-8-10-17(39-2)11-9-16)25(35)19(14-15-6-4-3-5-7-15)31-26(36)32-40(37,38)34-13-12-18-20(27)21(28)22(29)23(30)24(18)34/h3-13,19H,14H2,1-2H3,(H2,31,32,36). The van der Waals surface area contributed by atoms with Crippen LogP contribution in [0.1, 0.15) is 5.56 Å². The lowest BCUT2D eigenvalue weighted by Crippen LogP contribution is -2.53. The minimum Gasteiger partial charge on any atom is -0.497 e. The van der Waals surface area contributed by atoms with Crippen LogP contribution in [0.15, 0.2) is 66.9 Å². The van der Waals surface area contributed by atoms with Crippen LogP contribution < -0.4 is 19.7 Å². The van der Waals surface area contributed by atoms with Gasteiger partial charge in [-0.05, 0) is 35.9 Å². The molecule has 4 aromatic rings. The van der Waals surface area contributed by atoms with E-state index < -0.39 is 62.4 Å². The highest BCUT2D eigenvalue weighted by Gasteiger charge is 2.30. The Morgan fingerprint density at radius 3 is 2.17 bits per heavy atom. The fraction of sp³-hybridized carbons (Fsp3) is 0.154. The number of halogens is 4. The van der Waals surface area contributed by atoms with E-state index >= 15 is 0 Å². The van der Waals surface area contributed by atoms with Crippen molar-refractivity contribution in [2.24, 2.45) is 0 Å². The summed E-state index contributed by atoms with van der Waals surface area (Å²) >= 11 is 0. The molecule has 0 aliphatic carbocycles. The number of likely N-dealkylation sites (N-methyl/N-ethyl adjacent to an activating group) is 1. The molecule has 1 atom stereocenters. The molecule has 0 saturated carbocycles. The van der Waals surface area contributed by atoms with Crippen molar-refractivity contribution < 1.29 is 40.3 Å². The molecule has 0 bridgehead atoms. The third kappa shape index (κ3) is 5.57. The number of nitrogens with one attached hydrogen (secondary N) is 2. The minimum absolute atomic E-state index is 0.0373. The molecular formula is C26H22F4N4O5S. The van der Waals surface area contributed by atoms with Crippen LogP contribution >= 0.6 is 0 Å². The van der Waals surface area contributed by atoms with Gasteiger partial charge in [0.05, 0.1) is 7.11 Å². The van der Waals surface area contributed by atoms with Gasteiger partial charge in [0.15, 0.2) is 23.3 Å². The molecule has 0 spiro atoms. The van der Waals surface area contributed by atoms with Gasteiger partial charge in [0.25, 0.3) is 0 Å². The molecule has 3 amide bonds. The van der Waals surface area contributed by atoms with E-state index in [4.69, 9.17) is 4.74 Å². The maximum absolute atomic E-state index is 14.4. The quantitative estimate of drug-likeness (QED) is 0.188. The summed E-state index contributed by atoms with van der Waals surface area (Å²) < 4.78 is 88.4. The first-order valence-electron chi connectivity index (χ1n) is 11.6. The number of urea groups is 1. The normalized spacial score (nSPS) is 12.2. The Labute approximate surface area is 226 Å². The number of hydrogen-bond acceptors (Lipinski definition) is 5. The van der Waals surface area contributed by atoms with E-state index in [0.29, 0.717) is 29.3 Å².